The molecule has 3 N–H and O–H groups in total. The lowest BCUT2D eigenvalue weighted by Gasteiger charge is -2.23. The Morgan fingerprint density at radius 1 is 0.912 bits per heavy atom. The molecule has 0 saturated carbocycles. The first-order valence-corrected chi connectivity index (χ1v) is 11.6. The SMILES string of the molecule is CCNC(=NCC(O)c1ccncc1)NCCCN(Cc1ccccc1)Cc1ccccc1.I. The quantitative estimate of drug-likeness (QED) is 0.130. The lowest BCUT2D eigenvalue weighted by Crippen LogP contribution is -2.39. The van der Waals surface area contributed by atoms with Crippen molar-refractivity contribution in [3.8, 4) is 0 Å². The zero-order valence-electron chi connectivity index (χ0n) is 19.8. The van der Waals surface area contributed by atoms with Crippen LogP contribution in [0, 0.1) is 0 Å². The predicted octanol–water partition coefficient (Wildman–Crippen LogP) is 4.38. The fourth-order valence-electron chi connectivity index (χ4n) is 3.62. The van der Waals surface area contributed by atoms with Crippen LogP contribution in [0.3, 0.4) is 0 Å². The summed E-state index contributed by atoms with van der Waals surface area (Å²) in [6, 6.07) is 24.8. The number of benzene rings is 2. The Labute approximate surface area is 220 Å². The van der Waals surface area contributed by atoms with Crippen LogP contribution in [0.15, 0.2) is 90.2 Å². The Kier molecular flexibility index (Phi) is 13.2. The summed E-state index contributed by atoms with van der Waals surface area (Å²) in [5, 5.41) is 17.0. The van der Waals surface area contributed by atoms with Gasteiger partial charge in [0.1, 0.15) is 0 Å². The highest BCUT2D eigenvalue weighted by Gasteiger charge is 2.09. The summed E-state index contributed by atoms with van der Waals surface area (Å²) >= 11 is 0. The molecule has 0 aliphatic rings. The Bertz CT molecular complexity index is 900. The van der Waals surface area contributed by atoms with Crippen LogP contribution in [0.4, 0.5) is 0 Å². The number of aliphatic imine (C=N–C) groups is 1. The van der Waals surface area contributed by atoms with E-state index in [-0.39, 0.29) is 24.0 Å². The number of halogens is 1. The molecule has 3 aromatic rings. The maximum Gasteiger partial charge on any atom is 0.191 e. The summed E-state index contributed by atoms with van der Waals surface area (Å²) in [7, 11) is 0. The van der Waals surface area contributed by atoms with Crippen molar-refractivity contribution in [2.75, 3.05) is 26.2 Å². The molecule has 7 heteroatoms. The lowest BCUT2D eigenvalue weighted by molar-refractivity contribution is 0.187. The molecule has 3 rings (SSSR count). The summed E-state index contributed by atoms with van der Waals surface area (Å²) in [6.07, 6.45) is 3.71. The van der Waals surface area contributed by atoms with Gasteiger partial charge in [0.25, 0.3) is 0 Å². The molecule has 1 heterocycles. The van der Waals surface area contributed by atoms with Crippen LogP contribution < -0.4 is 10.6 Å². The van der Waals surface area contributed by atoms with E-state index in [0.29, 0.717) is 6.54 Å². The molecule has 0 aliphatic heterocycles. The molecular formula is C27H36IN5O. The number of pyridine rings is 1. The highest BCUT2D eigenvalue weighted by Crippen LogP contribution is 2.12. The van der Waals surface area contributed by atoms with Crippen molar-refractivity contribution in [2.45, 2.75) is 32.5 Å². The first kappa shape index (κ1) is 27.8. The number of aromatic nitrogens is 1. The molecule has 0 radical (unpaired) electrons. The maximum absolute atomic E-state index is 10.4. The Morgan fingerprint density at radius 3 is 2.06 bits per heavy atom. The van der Waals surface area contributed by atoms with E-state index in [9.17, 15) is 5.11 Å². The first-order valence-electron chi connectivity index (χ1n) is 11.6. The molecule has 0 spiro atoms. The highest BCUT2D eigenvalue weighted by atomic mass is 127. The first-order chi connectivity index (χ1) is 16.2. The zero-order valence-corrected chi connectivity index (χ0v) is 22.1. The zero-order chi connectivity index (χ0) is 23.1. The number of aliphatic hydroxyl groups is 1. The normalized spacial score (nSPS) is 12.1. The summed E-state index contributed by atoms with van der Waals surface area (Å²) in [6.45, 7) is 6.72. The van der Waals surface area contributed by atoms with Crippen molar-refractivity contribution in [3.63, 3.8) is 0 Å². The minimum Gasteiger partial charge on any atom is -0.386 e. The summed E-state index contributed by atoms with van der Waals surface area (Å²) in [5.41, 5.74) is 3.46. The Morgan fingerprint density at radius 2 is 1.50 bits per heavy atom. The fraction of sp³-hybridized carbons (Fsp3) is 0.333. The van der Waals surface area contributed by atoms with Crippen LogP contribution in [0.5, 0.6) is 0 Å². The third-order valence-electron chi connectivity index (χ3n) is 5.30. The second-order valence-corrected chi connectivity index (χ2v) is 7.98. The number of hydrogen-bond donors (Lipinski definition) is 3. The monoisotopic (exact) mass is 573 g/mol. The van der Waals surface area contributed by atoms with Crippen LogP contribution >= 0.6 is 24.0 Å². The highest BCUT2D eigenvalue weighted by molar-refractivity contribution is 14.0. The number of nitrogens with zero attached hydrogens (tertiary/aromatic N) is 3. The van der Waals surface area contributed by atoms with E-state index in [4.69, 9.17) is 0 Å². The van der Waals surface area contributed by atoms with Gasteiger partial charge in [0, 0.05) is 45.1 Å². The van der Waals surface area contributed by atoms with Crippen molar-refractivity contribution in [1.82, 2.24) is 20.5 Å². The largest absolute Gasteiger partial charge is 0.386 e. The summed E-state index contributed by atoms with van der Waals surface area (Å²) in [5.74, 6) is 0.725. The second kappa shape index (κ2) is 16.2. The van der Waals surface area contributed by atoms with Gasteiger partial charge < -0.3 is 15.7 Å². The number of aliphatic hydroxyl groups excluding tert-OH is 1. The van der Waals surface area contributed by atoms with Gasteiger partial charge in [-0.15, -0.1) is 24.0 Å². The van der Waals surface area contributed by atoms with Crippen LogP contribution in [-0.2, 0) is 13.1 Å². The number of guanidine groups is 1. The van der Waals surface area contributed by atoms with Crippen LogP contribution in [0.25, 0.3) is 0 Å². The summed E-state index contributed by atoms with van der Waals surface area (Å²) < 4.78 is 0. The van der Waals surface area contributed by atoms with Crippen molar-refractivity contribution in [2.24, 2.45) is 4.99 Å². The van der Waals surface area contributed by atoms with E-state index in [2.05, 4.69) is 86.2 Å². The molecule has 2 aromatic carbocycles. The van der Waals surface area contributed by atoms with Gasteiger partial charge in [-0.25, -0.2) is 0 Å². The average Bonchev–Trinajstić information content (AvgIpc) is 2.86. The minimum atomic E-state index is -0.643. The lowest BCUT2D eigenvalue weighted by atomic mass is 10.1. The number of nitrogens with one attached hydrogen (secondary N) is 2. The Hall–Kier alpha value is -2.49. The fourth-order valence-corrected chi connectivity index (χ4v) is 3.62. The van der Waals surface area contributed by atoms with Crippen LogP contribution in [0.1, 0.15) is 36.1 Å². The van der Waals surface area contributed by atoms with Gasteiger partial charge in [-0.05, 0) is 42.2 Å². The number of rotatable bonds is 12. The molecule has 0 saturated heterocycles. The molecule has 34 heavy (non-hydrogen) atoms. The van der Waals surface area contributed by atoms with Crippen molar-refractivity contribution < 1.29 is 5.11 Å². The van der Waals surface area contributed by atoms with E-state index in [1.165, 1.54) is 11.1 Å². The van der Waals surface area contributed by atoms with Crippen LogP contribution in [-0.4, -0.2) is 47.1 Å². The predicted molar refractivity (Wildman–Crippen MR) is 150 cm³/mol. The Balaban J connectivity index is 0.00000408. The maximum atomic E-state index is 10.4. The van der Waals surface area contributed by atoms with Crippen molar-refractivity contribution in [1.29, 1.82) is 0 Å². The van der Waals surface area contributed by atoms with Crippen molar-refractivity contribution in [3.05, 3.63) is 102 Å². The molecule has 0 amide bonds. The molecule has 1 aromatic heterocycles. The molecule has 182 valence electrons. The van der Waals surface area contributed by atoms with Gasteiger partial charge in [-0.1, -0.05) is 60.7 Å². The molecular weight excluding hydrogens is 537 g/mol. The molecule has 0 aliphatic carbocycles. The third kappa shape index (κ3) is 10.2. The van der Waals surface area contributed by atoms with Gasteiger partial charge in [0.2, 0.25) is 0 Å². The molecule has 0 bridgehead atoms. The van der Waals surface area contributed by atoms with Crippen molar-refractivity contribution >= 4 is 29.9 Å². The topological polar surface area (TPSA) is 72.8 Å². The van der Waals surface area contributed by atoms with E-state index in [1.54, 1.807) is 12.4 Å². The van der Waals surface area contributed by atoms with E-state index < -0.39 is 6.10 Å². The van der Waals surface area contributed by atoms with Gasteiger partial charge in [0.05, 0.1) is 12.6 Å². The average molecular weight is 574 g/mol. The molecule has 0 fully saturated rings. The third-order valence-corrected chi connectivity index (χ3v) is 5.30. The standard InChI is InChI=1S/C27H35N5O.HI/c1-2-29-27(31-20-26(33)25-14-17-28-18-15-25)30-16-9-19-32(21-23-10-5-3-6-11-23)22-24-12-7-4-8-13-24;/h3-8,10-15,17-18,26,33H,2,9,16,19-22H2,1H3,(H2,29,30,31);1H. The summed E-state index contributed by atoms with van der Waals surface area (Å²) in [4.78, 5) is 11.0. The van der Waals surface area contributed by atoms with Gasteiger partial charge in [0.15, 0.2) is 5.96 Å². The van der Waals surface area contributed by atoms with Gasteiger partial charge >= 0.3 is 0 Å². The van der Waals surface area contributed by atoms with Gasteiger partial charge in [-0.2, -0.15) is 0 Å². The van der Waals surface area contributed by atoms with E-state index >= 15 is 0 Å². The minimum absolute atomic E-state index is 0. The molecule has 1 atom stereocenters. The molecule has 1 unspecified atom stereocenters. The second-order valence-electron chi connectivity index (χ2n) is 7.98. The van der Waals surface area contributed by atoms with Gasteiger partial charge in [-0.3, -0.25) is 14.9 Å². The smallest absolute Gasteiger partial charge is 0.191 e. The van der Waals surface area contributed by atoms with E-state index in [0.717, 1.165) is 50.7 Å². The number of hydrogen-bond acceptors (Lipinski definition) is 4. The van der Waals surface area contributed by atoms with Crippen LogP contribution in [0.2, 0.25) is 0 Å². The molecule has 6 nitrogen and oxygen atoms in total. The van der Waals surface area contributed by atoms with E-state index in [1.807, 2.05) is 19.1 Å².